The fraction of sp³-hybridized carbons (Fsp3) is 0.619. The molecule has 2 fully saturated rings. The average molecular weight is 358 g/mol. The predicted molar refractivity (Wildman–Crippen MR) is 101 cm³/mol. The summed E-state index contributed by atoms with van der Waals surface area (Å²) >= 11 is 0. The van der Waals surface area contributed by atoms with Crippen LogP contribution in [0.15, 0.2) is 24.3 Å². The molecule has 1 saturated heterocycles. The summed E-state index contributed by atoms with van der Waals surface area (Å²) in [6.45, 7) is 3.88. The Morgan fingerprint density at radius 3 is 2.81 bits per heavy atom. The average Bonchev–Trinajstić information content (AvgIpc) is 3.27. The Bertz CT molecular complexity index is 640. The number of carbonyl (C=O) groups is 2. The first-order chi connectivity index (χ1) is 12.5. The molecule has 1 heterocycles. The van der Waals surface area contributed by atoms with Crippen molar-refractivity contribution in [2.24, 2.45) is 5.92 Å². The van der Waals surface area contributed by atoms with E-state index in [2.05, 4.69) is 0 Å². The molecule has 3 rings (SSSR count). The van der Waals surface area contributed by atoms with E-state index in [0.29, 0.717) is 32.2 Å². The molecule has 0 aromatic heterocycles. The molecule has 1 aromatic carbocycles. The topological polar surface area (TPSA) is 49.9 Å². The Balaban J connectivity index is 1.41. The molecule has 26 heavy (non-hydrogen) atoms. The van der Waals surface area contributed by atoms with E-state index < -0.39 is 0 Å². The first kappa shape index (κ1) is 18.7. The van der Waals surface area contributed by atoms with Crippen LogP contribution in [0.5, 0.6) is 5.75 Å². The number of hydrogen-bond acceptors (Lipinski definition) is 3. The van der Waals surface area contributed by atoms with E-state index in [4.69, 9.17) is 4.74 Å². The SMILES string of the molecule is Cc1cccc(OCCCN(C)C(=O)C2CC(=O)N(C3CCCC3)C2)c1. The molecule has 1 atom stereocenters. The molecule has 142 valence electrons. The number of likely N-dealkylation sites (tertiary alicyclic amines) is 1. The molecule has 2 amide bonds. The quantitative estimate of drug-likeness (QED) is 0.704. The lowest BCUT2D eigenvalue weighted by atomic mass is 10.1. The first-order valence-electron chi connectivity index (χ1n) is 9.78. The molecule has 1 unspecified atom stereocenters. The molecule has 0 spiro atoms. The molecule has 5 nitrogen and oxygen atoms in total. The molecule has 1 aliphatic heterocycles. The Morgan fingerprint density at radius 1 is 1.31 bits per heavy atom. The summed E-state index contributed by atoms with van der Waals surface area (Å²) in [5.41, 5.74) is 1.17. The smallest absolute Gasteiger partial charge is 0.227 e. The molecule has 0 N–H and O–H groups in total. The number of hydrogen-bond donors (Lipinski definition) is 0. The van der Waals surface area contributed by atoms with Gasteiger partial charge in [-0.1, -0.05) is 25.0 Å². The van der Waals surface area contributed by atoms with Crippen molar-refractivity contribution < 1.29 is 14.3 Å². The maximum absolute atomic E-state index is 12.7. The van der Waals surface area contributed by atoms with Gasteiger partial charge in [0.05, 0.1) is 12.5 Å². The second-order valence-electron chi connectivity index (χ2n) is 7.66. The largest absolute Gasteiger partial charge is 0.494 e. The maximum atomic E-state index is 12.7. The van der Waals surface area contributed by atoms with Gasteiger partial charge in [0.2, 0.25) is 11.8 Å². The Labute approximate surface area is 156 Å². The lowest BCUT2D eigenvalue weighted by molar-refractivity contribution is -0.134. The monoisotopic (exact) mass is 358 g/mol. The van der Waals surface area contributed by atoms with Gasteiger partial charge in [-0.3, -0.25) is 9.59 Å². The summed E-state index contributed by atoms with van der Waals surface area (Å²) in [5, 5.41) is 0. The molecular weight excluding hydrogens is 328 g/mol. The van der Waals surface area contributed by atoms with Crippen molar-refractivity contribution in [3.05, 3.63) is 29.8 Å². The Kier molecular flexibility index (Phi) is 6.17. The van der Waals surface area contributed by atoms with Crippen molar-refractivity contribution in [1.82, 2.24) is 9.80 Å². The van der Waals surface area contributed by atoms with Gasteiger partial charge in [0.15, 0.2) is 0 Å². The predicted octanol–water partition coefficient (Wildman–Crippen LogP) is 3.01. The van der Waals surface area contributed by atoms with Crippen molar-refractivity contribution in [3.63, 3.8) is 0 Å². The van der Waals surface area contributed by atoms with E-state index in [1.54, 1.807) is 4.90 Å². The minimum Gasteiger partial charge on any atom is -0.494 e. The highest BCUT2D eigenvalue weighted by Crippen LogP contribution is 2.30. The van der Waals surface area contributed by atoms with Crippen LogP contribution in [-0.2, 0) is 9.59 Å². The number of ether oxygens (including phenoxy) is 1. The minimum absolute atomic E-state index is 0.0920. The van der Waals surface area contributed by atoms with Crippen LogP contribution in [0, 0.1) is 12.8 Å². The number of nitrogens with zero attached hydrogens (tertiary/aromatic N) is 2. The van der Waals surface area contributed by atoms with E-state index >= 15 is 0 Å². The molecule has 0 bridgehead atoms. The van der Waals surface area contributed by atoms with Gasteiger partial charge < -0.3 is 14.5 Å². The number of carbonyl (C=O) groups excluding carboxylic acids is 2. The standard InChI is InChI=1S/C21H30N2O3/c1-16-7-5-10-19(13-16)26-12-6-11-22(2)21(25)17-14-20(24)23(15-17)18-8-3-4-9-18/h5,7,10,13,17-18H,3-4,6,8-9,11-12,14-15H2,1-2H3. The normalized spacial score (nSPS) is 20.6. The number of amides is 2. The molecule has 5 heteroatoms. The lowest BCUT2D eigenvalue weighted by Crippen LogP contribution is -2.38. The van der Waals surface area contributed by atoms with Crippen LogP contribution in [0.4, 0.5) is 0 Å². The third kappa shape index (κ3) is 4.57. The number of benzene rings is 1. The zero-order chi connectivity index (χ0) is 18.5. The highest BCUT2D eigenvalue weighted by molar-refractivity contribution is 5.89. The summed E-state index contributed by atoms with van der Waals surface area (Å²) < 4.78 is 5.74. The van der Waals surface area contributed by atoms with Crippen molar-refractivity contribution >= 4 is 11.8 Å². The van der Waals surface area contributed by atoms with Crippen molar-refractivity contribution in [1.29, 1.82) is 0 Å². The van der Waals surface area contributed by atoms with Crippen LogP contribution in [0.2, 0.25) is 0 Å². The number of rotatable bonds is 7. The highest BCUT2D eigenvalue weighted by atomic mass is 16.5. The van der Waals surface area contributed by atoms with Gasteiger partial charge in [-0.2, -0.15) is 0 Å². The van der Waals surface area contributed by atoms with Gasteiger partial charge >= 0.3 is 0 Å². The third-order valence-corrected chi connectivity index (χ3v) is 5.55. The van der Waals surface area contributed by atoms with E-state index in [-0.39, 0.29) is 17.7 Å². The van der Waals surface area contributed by atoms with E-state index in [0.717, 1.165) is 25.0 Å². The molecule has 2 aliphatic rings. The van der Waals surface area contributed by atoms with Crippen molar-refractivity contribution in [2.75, 3.05) is 26.7 Å². The zero-order valence-corrected chi connectivity index (χ0v) is 15.9. The van der Waals surface area contributed by atoms with Gasteiger partial charge in [-0.25, -0.2) is 0 Å². The second kappa shape index (κ2) is 8.56. The summed E-state index contributed by atoms with van der Waals surface area (Å²) in [4.78, 5) is 28.7. The second-order valence-corrected chi connectivity index (χ2v) is 7.66. The van der Waals surface area contributed by atoms with E-state index in [9.17, 15) is 9.59 Å². The third-order valence-electron chi connectivity index (χ3n) is 5.55. The fourth-order valence-corrected chi connectivity index (χ4v) is 4.08. The van der Waals surface area contributed by atoms with Crippen molar-refractivity contribution in [2.45, 2.75) is 51.5 Å². The summed E-state index contributed by atoms with van der Waals surface area (Å²) in [6, 6.07) is 8.35. The Morgan fingerprint density at radius 2 is 2.08 bits per heavy atom. The molecule has 1 saturated carbocycles. The fourth-order valence-electron chi connectivity index (χ4n) is 4.08. The molecule has 1 aliphatic carbocycles. The molecule has 0 radical (unpaired) electrons. The Hall–Kier alpha value is -2.04. The van der Waals surface area contributed by atoms with E-state index in [1.807, 2.05) is 43.1 Å². The highest BCUT2D eigenvalue weighted by Gasteiger charge is 2.39. The van der Waals surface area contributed by atoms with Crippen LogP contribution in [0.3, 0.4) is 0 Å². The molecule has 1 aromatic rings. The van der Waals surface area contributed by atoms with Gasteiger partial charge in [0, 0.05) is 32.6 Å². The van der Waals surface area contributed by atoms with Crippen LogP contribution < -0.4 is 4.74 Å². The van der Waals surface area contributed by atoms with Crippen LogP contribution in [0.1, 0.15) is 44.1 Å². The minimum atomic E-state index is -0.175. The summed E-state index contributed by atoms with van der Waals surface area (Å²) in [5.74, 6) is 0.944. The van der Waals surface area contributed by atoms with E-state index in [1.165, 1.54) is 18.4 Å². The first-order valence-corrected chi connectivity index (χ1v) is 9.78. The zero-order valence-electron chi connectivity index (χ0n) is 15.9. The lowest BCUT2D eigenvalue weighted by Gasteiger charge is -2.25. The van der Waals surface area contributed by atoms with Crippen LogP contribution in [0.25, 0.3) is 0 Å². The van der Waals surface area contributed by atoms with Gasteiger partial charge in [0.25, 0.3) is 0 Å². The maximum Gasteiger partial charge on any atom is 0.227 e. The van der Waals surface area contributed by atoms with Gasteiger partial charge in [0.1, 0.15) is 5.75 Å². The van der Waals surface area contributed by atoms with Gasteiger partial charge in [-0.15, -0.1) is 0 Å². The van der Waals surface area contributed by atoms with Crippen LogP contribution in [-0.4, -0.2) is 54.4 Å². The summed E-state index contributed by atoms with van der Waals surface area (Å²) in [7, 11) is 1.83. The van der Waals surface area contributed by atoms with Gasteiger partial charge in [-0.05, 0) is 43.9 Å². The van der Waals surface area contributed by atoms with Crippen molar-refractivity contribution in [3.8, 4) is 5.75 Å². The van der Waals surface area contributed by atoms with Crippen LogP contribution >= 0.6 is 0 Å². The number of aryl methyl sites for hydroxylation is 1. The molecular formula is C21H30N2O3. The summed E-state index contributed by atoms with van der Waals surface area (Å²) in [6.07, 6.45) is 5.75.